The highest BCUT2D eigenvalue weighted by Crippen LogP contribution is 2.15. The molecule has 0 heterocycles. The van der Waals surface area contributed by atoms with Crippen LogP contribution >= 0.6 is 0 Å². The zero-order valence-corrected chi connectivity index (χ0v) is 10.4. The number of carbonyl (C=O) groups excluding carboxylic acids is 2. The van der Waals surface area contributed by atoms with Crippen molar-refractivity contribution in [2.24, 2.45) is 5.73 Å². The molecule has 0 fully saturated rings. The summed E-state index contributed by atoms with van der Waals surface area (Å²) in [5.74, 6) is -0.166. The number of benzene rings is 1. The lowest BCUT2D eigenvalue weighted by atomic mass is 10.2. The van der Waals surface area contributed by atoms with Gasteiger partial charge in [-0.3, -0.25) is 10.1 Å². The molecular weight excluding hydrogens is 234 g/mol. The van der Waals surface area contributed by atoms with Crippen LogP contribution < -0.4 is 16.4 Å². The number of rotatable bonds is 4. The van der Waals surface area contributed by atoms with Crippen molar-refractivity contribution in [2.75, 3.05) is 17.7 Å². The molecule has 98 valence electrons. The predicted molar refractivity (Wildman–Crippen MR) is 69.4 cm³/mol. The molecule has 0 aliphatic rings. The summed E-state index contributed by atoms with van der Waals surface area (Å²) in [5.41, 5.74) is 6.66. The molecule has 0 aromatic heterocycles. The van der Waals surface area contributed by atoms with Gasteiger partial charge in [-0.1, -0.05) is 6.07 Å². The van der Waals surface area contributed by atoms with Crippen LogP contribution in [0, 0.1) is 0 Å². The highest BCUT2D eigenvalue weighted by Gasteiger charge is 2.06. The first kappa shape index (κ1) is 14.0. The minimum absolute atomic E-state index is 0.166. The second kappa shape index (κ2) is 6.61. The van der Waals surface area contributed by atoms with Gasteiger partial charge in [-0.15, -0.1) is 0 Å². The molecule has 6 nitrogen and oxygen atoms in total. The molecule has 18 heavy (non-hydrogen) atoms. The standard InChI is InChI=1S/C12H17N3O3/c1-8(13)6-11(16)14-9-4-3-5-10(7-9)15-12(17)18-2/h3-5,7-8H,6,13H2,1-2H3,(H,14,16)(H,15,17). The SMILES string of the molecule is COC(=O)Nc1cccc(NC(=O)CC(C)N)c1. The molecular formula is C12H17N3O3. The molecule has 1 aromatic carbocycles. The van der Waals surface area contributed by atoms with Crippen LogP contribution in [-0.4, -0.2) is 25.2 Å². The number of nitrogens with one attached hydrogen (secondary N) is 2. The zero-order valence-electron chi connectivity index (χ0n) is 10.4. The molecule has 1 unspecified atom stereocenters. The van der Waals surface area contributed by atoms with Crippen LogP contribution in [0.3, 0.4) is 0 Å². The Kier molecular flexibility index (Phi) is 5.13. The number of ether oxygens (including phenoxy) is 1. The van der Waals surface area contributed by atoms with Crippen molar-refractivity contribution in [3.63, 3.8) is 0 Å². The van der Waals surface area contributed by atoms with Gasteiger partial charge < -0.3 is 15.8 Å². The number of hydrogen-bond acceptors (Lipinski definition) is 4. The van der Waals surface area contributed by atoms with Gasteiger partial charge in [0.2, 0.25) is 5.91 Å². The fourth-order valence-electron chi connectivity index (χ4n) is 1.35. The molecule has 1 atom stereocenters. The summed E-state index contributed by atoms with van der Waals surface area (Å²) >= 11 is 0. The molecule has 0 aliphatic carbocycles. The van der Waals surface area contributed by atoms with Crippen molar-refractivity contribution < 1.29 is 14.3 Å². The van der Waals surface area contributed by atoms with E-state index in [2.05, 4.69) is 15.4 Å². The number of carbonyl (C=O) groups is 2. The number of nitrogens with two attached hydrogens (primary N) is 1. The third kappa shape index (κ3) is 4.84. The summed E-state index contributed by atoms with van der Waals surface area (Å²) < 4.78 is 4.47. The van der Waals surface area contributed by atoms with Crippen LogP contribution in [0.15, 0.2) is 24.3 Å². The lowest BCUT2D eigenvalue weighted by molar-refractivity contribution is -0.116. The highest BCUT2D eigenvalue weighted by atomic mass is 16.5. The van der Waals surface area contributed by atoms with Crippen molar-refractivity contribution in [2.45, 2.75) is 19.4 Å². The van der Waals surface area contributed by atoms with E-state index in [1.54, 1.807) is 31.2 Å². The molecule has 0 saturated carbocycles. The molecule has 0 aliphatic heterocycles. The zero-order chi connectivity index (χ0) is 13.5. The average molecular weight is 251 g/mol. The minimum atomic E-state index is -0.561. The number of hydrogen-bond donors (Lipinski definition) is 3. The number of amides is 2. The van der Waals surface area contributed by atoms with Crippen molar-refractivity contribution in [1.29, 1.82) is 0 Å². The van der Waals surface area contributed by atoms with E-state index in [-0.39, 0.29) is 18.4 Å². The molecule has 0 spiro atoms. The van der Waals surface area contributed by atoms with Gasteiger partial charge >= 0.3 is 6.09 Å². The van der Waals surface area contributed by atoms with E-state index in [1.807, 2.05) is 0 Å². The van der Waals surface area contributed by atoms with Crippen LogP contribution in [0.2, 0.25) is 0 Å². The van der Waals surface area contributed by atoms with Crippen molar-refractivity contribution >= 4 is 23.4 Å². The topological polar surface area (TPSA) is 93.5 Å². The quantitative estimate of drug-likeness (QED) is 0.756. The Morgan fingerprint density at radius 2 is 1.94 bits per heavy atom. The van der Waals surface area contributed by atoms with Crippen LogP contribution in [0.25, 0.3) is 0 Å². The summed E-state index contributed by atoms with van der Waals surface area (Å²) in [6, 6.07) is 6.57. The summed E-state index contributed by atoms with van der Waals surface area (Å²) in [6.45, 7) is 1.76. The van der Waals surface area contributed by atoms with Gasteiger partial charge in [0, 0.05) is 23.8 Å². The van der Waals surface area contributed by atoms with E-state index in [0.717, 1.165) is 0 Å². The maximum atomic E-state index is 11.5. The van der Waals surface area contributed by atoms with Crippen LogP contribution in [0.1, 0.15) is 13.3 Å². The first-order valence-electron chi connectivity index (χ1n) is 5.51. The van der Waals surface area contributed by atoms with Gasteiger partial charge in [-0.25, -0.2) is 4.79 Å². The Hall–Kier alpha value is -2.08. The van der Waals surface area contributed by atoms with Crippen LogP contribution in [-0.2, 0) is 9.53 Å². The molecule has 2 amide bonds. The van der Waals surface area contributed by atoms with Gasteiger partial charge in [0.1, 0.15) is 0 Å². The van der Waals surface area contributed by atoms with E-state index in [1.165, 1.54) is 7.11 Å². The van der Waals surface area contributed by atoms with Crippen molar-refractivity contribution in [3.8, 4) is 0 Å². The molecule has 0 radical (unpaired) electrons. The van der Waals surface area contributed by atoms with Gasteiger partial charge in [-0.05, 0) is 25.1 Å². The van der Waals surface area contributed by atoms with Gasteiger partial charge in [-0.2, -0.15) is 0 Å². The van der Waals surface area contributed by atoms with Gasteiger partial charge in [0.15, 0.2) is 0 Å². The number of methoxy groups -OCH3 is 1. The minimum Gasteiger partial charge on any atom is -0.453 e. The Balaban J connectivity index is 2.64. The van der Waals surface area contributed by atoms with Crippen molar-refractivity contribution in [1.82, 2.24) is 0 Å². The fraction of sp³-hybridized carbons (Fsp3) is 0.333. The molecule has 0 saturated heterocycles. The van der Waals surface area contributed by atoms with E-state index >= 15 is 0 Å². The third-order valence-electron chi connectivity index (χ3n) is 2.09. The maximum absolute atomic E-state index is 11.5. The Labute approximate surface area is 105 Å². The predicted octanol–water partition coefficient (Wildman–Crippen LogP) is 1.54. The van der Waals surface area contributed by atoms with E-state index in [9.17, 15) is 9.59 Å². The Bertz CT molecular complexity index is 432. The molecule has 1 aromatic rings. The molecule has 6 heteroatoms. The fourth-order valence-corrected chi connectivity index (χ4v) is 1.35. The molecule has 1 rings (SSSR count). The first-order chi connectivity index (χ1) is 8.51. The lowest BCUT2D eigenvalue weighted by Crippen LogP contribution is -2.24. The summed E-state index contributed by atoms with van der Waals surface area (Å²) in [6.07, 6.45) is -0.316. The Morgan fingerprint density at radius 3 is 2.50 bits per heavy atom. The van der Waals surface area contributed by atoms with Gasteiger partial charge in [0.25, 0.3) is 0 Å². The number of anilines is 2. The normalized spacial score (nSPS) is 11.5. The van der Waals surface area contributed by atoms with Crippen molar-refractivity contribution in [3.05, 3.63) is 24.3 Å². The van der Waals surface area contributed by atoms with E-state index in [0.29, 0.717) is 11.4 Å². The third-order valence-corrected chi connectivity index (χ3v) is 2.09. The summed E-state index contributed by atoms with van der Waals surface area (Å²) in [7, 11) is 1.28. The van der Waals surface area contributed by atoms with E-state index in [4.69, 9.17) is 5.73 Å². The lowest BCUT2D eigenvalue weighted by Gasteiger charge is -2.09. The van der Waals surface area contributed by atoms with Crippen LogP contribution in [0.5, 0.6) is 0 Å². The largest absolute Gasteiger partial charge is 0.453 e. The summed E-state index contributed by atoms with van der Waals surface area (Å²) in [5, 5.41) is 5.20. The highest BCUT2D eigenvalue weighted by molar-refractivity contribution is 5.92. The first-order valence-corrected chi connectivity index (χ1v) is 5.51. The second-order valence-electron chi connectivity index (χ2n) is 3.93. The second-order valence-corrected chi connectivity index (χ2v) is 3.93. The van der Waals surface area contributed by atoms with Gasteiger partial charge in [0.05, 0.1) is 7.11 Å². The maximum Gasteiger partial charge on any atom is 0.411 e. The van der Waals surface area contributed by atoms with Crippen LogP contribution in [0.4, 0.5) is 16.2 Å². The average Bonchev–Trinajstić information content (AvgIpc) is 2.28. The summed E-state index contributed by atoms with van der Waals surface area (Å²) in [4.78, 5) is 22.5. The smallest absolute Gasteiger partial charge is 0.411 e. The molecule has 0 bridgehead atoms. The molecule has 4 N–H and O–H groups in total. The monoisotopic (exact) mass is 251 g/mol. The Morgan fingerprint density at radius 1 is 1.33 bits per heavy atom. The van der Waals surface area contributed by atoms with E-state index < -0.39 is 6.09 Å².